The average molecular weight is 492 g/mol. The van der Waals surface area contributed by atoms with Gasteiger partial charge in [-0.3, -0.25) is 0 Å². The number of carbonyl (C=O) groups is 2. The van der Waals surface area contributed by atoms with E-state index in [0.717, 1.165) is 38.5 Å². The van der Waals surface area contributed by atoms with E-state index in [1.54, 1.807) is 0 Å². The van der Waals surface area contributed by atoms with Crippen molar-refractivity contribution in [1.29, 1.82) is 0 Å². The van der Waals surface area contributed by atoms with Gasteiger partial charge in [-0.2, -0.15) is 0 Å². The Morgan fingerprint density at radius 3 is 1.12 bits per heavy atom. The number of rotatable bonds is 18. The summed E-state index contributed by atoms with van der Waals surface area (Å²) in [5, 5.41) is 23.1. The summed E-state index contributed by atoms with van der Waals surface area (Å²) < 4.78 is 0. The van der Waals surface area contributed by atoms with Crippen LogP contribution in [0.2, 0.25) is 0 Å². The second-order valence-corrected chi connectivity index (χ2v) is 7.40. The van der Waals surface area contributed by atoms with Gasteiger partial charge in [0.05, 0.1) is 11.9 Å². The van der Waals surface area contributed by atoms with Crippen LogP contribution >= 0.6 is 0 Å². The average Bonchev–Trinajstić information content (AvgIpc) is 2.57. The first-order chi connectivity index (χ1) is 12.0. The van der Waals surface area contributed by atoms with E-state index >= 15 is 0 Å². The smallest absolute Gasteiger partial charge is 0.549 e. The van der Waals surface area contributed by atoms with Crippen molar-refractivity contribution in [2.75, 3.05) is 0 Å². The molecule has 0 spiro atoms. The summed E-state index contributed by atoms with van der Waals surface area (Å²) in [6.45, 7) is 4.33. The van der Waals surface area contributed by atoms with Gasteiger partial charge in [-0.25, -0.2) is 0 Å². The first-order valence-electron chi connectivity index (χ1n) is 10.4. The summed E-state index contributed by atoms with van der Waals surface area (Å²) in [6, 6.07) is 0. The van der Waals surface area contributed by atoms with Crippen LogP contribution < -0.4 is 10.2 Å². The molecule has 0 N–H and O–H groups in total. The standard InChI is InChI=1S/C21H40O4.Ba/c1-3-5-7-9-11-13-15-17-21(19(22)23,20(24)25)18-16-14-12-10-8-6-4-2;/h3-18H2,1-2H3,(H,22,23)(H,24,25);/q;+2/p-2. The summed E-state index contributed by atoms with van der Waals surface area (Å²) in [4.78, 5) is 23.1. The third-order valence-electron chi connectivity index (χ3n) is 5.20. The van der Waals surface area contributed by atoms with Gasteiger partial charge in [0.1, 0.15) is 0 Å². The van der Waals surface area contributed by atoms with Gasteiger partial charge < -0.3 is 19.8 Å². The van der Waals surface area contributed by atoms with Gasteiger partial charge in [0.15, 0.2) is 0 Å². The van der Waals surface area contributed by atoms with E-state index in [1.807, 2.05) is 0 Å². The molecule has 148 valence electrons. The van der Waals surface area contributed by atoms with Crippen molar-refractivity contribution < 1.29 is 19.8 Å². The van der Waals surface area contributed by atoms with E-state index in [1.165, 1.54) is 38.5 Å². The largest absolute Gasteiger partial charge is 2.00 e. The molecule has 0 saturated carbocycles. The van der Waals surface area contributed by atoms with Crippen LogP contribution in [0.4, 0.5) is 0 Å². The van der Waals surface area contributed by atoms with Crippen molar-refractivity contribution in [2.45, 2.75) is 117 Å². The van der Waals surface area contributed by atoms with Crippen LogP contribution in [0, 0.1) is 5.41 Å². The zero-order valence-electron chi connectivity index (χ0n) is 17.2. The molecule has 0 saturated heterocycles. The van der Waals surface area contributed by atoms with Crippen molar-refractivity contribution >= 4 is 60.8 Å². The summed E-state index contributed by atoms with van der Waals surface area (Å²) in [6.07, 6.45) is 14.8. The molecule has 0 aliphatic carbocycles. The minimum Gasteiger partial charge on any atom is -0.549 e. The third kappa shape index (κ3) is 12.8. The molecule has 0 unspecified atom stereocenters. The van der Waals surface area contributed by atoms with Crippen LogP contribution in [-0.4, -0.2) is 60.8 Å². The molecule has 0 bridgehead atoms. The van der Waals surface area contributed by atoms with Gasteiger partial charge >= 0.3 is 48.9 Å². The first kappa shape index (κ1) is 28.7. The second-order valence-electron chi connectivity index (χ2n) is 7.40. The Bertz CT molecular complexity index is 324. The monoisotopic (exact) mass is 492 g/mol. The van der Waals surface area contributed by atoms with Crippen LogP contribution in [-0.2, 0) is 9.59 Å². The molecule has 0 fully saturated rings. The Kier molecular flexibility index (Phi) is 20.8. The molecule has 0 heterocycles. The van der Waals surface area contributed by atoms with Gasteiger partial charge in [0, 0.05) is 5.41 Å². The maximum absolute atomic E-state index is 11.5. The minimum absolute atomic E-state index is 0. The zero-order chi connectivity index (χ0) is 19.0. The first-order valence-corrected chi connectivity index (χ1v) is 10.4. The summed E-state index contributed by atoms with van der Waals surface area (Å²) in [7, 11) is 0. The van der Waals surface area contributed by atoms with Crippen molar-refractivity contribution in [3.63, 3.8) is 0 Å². The van der Waals surface area contributed by atoms with Crippen LogP contribution in [0.25, 0.3) is 0 Å². The number of carboxylic acids is 2. The predicted molar refractivity (Wildman–Crippen MR) is 103 cm³/mol. The maximum atomic E-state index is 11.5. The molecule has 5 heteroatoms. The van der Waals surface area contributed by atoms with Crippen molar-refractivity contribution in [3.05, 3.63) is 0 Å². The maximum Gasteiger partial charge on any atom is 2.00 e. The van der Waals surface area contributed by atoms with Crippen LogP contribution in [0.3, 0.4) is 0 Å². The van der Waals surface area contributed by atoms with Crippen molar-refractivity contribution in [2.24, 2.45) is 5.41 Å². The number of carbonyl (C=O) groups excluding carboxylic acids is 2. The topological polar surface area (TPSA) is 80.3 Å². The number of hydrogen-bond acceptors (Lipinski definition) is 4. The number of aliphatic carboxylic acids is 2. The van der Waals surface area contributed by atoms with E-state index in [4.69, 9.17) is 0 Å². The third-order valence-corrected chi connectivity index (χ3v) is 5.20. The molecule has 0 rings (SSSR count). The van der Waals surface area contributed by atoms with Crippen molar-refractivity contribution in [3.8, 4) is 0 Å². The molecular formula is C21H38BaO4. The fourth-order valence-electron chi connectivity index (χ4n) is 3.38. The van der Waals surface area contributed by atoms with Gasteiger partial charge in [0.2, 0.25) is 0 Å². The second kappa shape index (κ2) is 18.9. The Balaban J connectivity index is 0. The SMILES string of the molecule is CCCCCCCCCC(CCCCCCCCC)(C(=O)[O-])C(=O)[O-].[Ba+2]. The van der Waals surface area contributed by atoms with E-state index in [9.17, 15) is 19.8 Å². The van der Waals surface area contributed by atoms with Crippen LogP contribution in [0.1, 0.15) is 117 Å². The summed E-state index contributed by atoms with van der Waals surface area (Å²) >= 11 is 0. The predicted octanol–water partition coefficient (Wildman–Crippen LogP) is 3.37. The fraction of sp³-hybridized carbons (Fsp3) is 0.905. The summed E-state index contributed by atoms with van der Waals surface area (Å²) in [5.74, 6) is -2.94. The van der Waals surface area contributed by atoms with Crippen molar-refractivity contribution in [1.82, 2.24) is 0 Å². The van der Waals surface area contributed by atoms with Gasteiger partial charge in [0.25, 0.3) is 0 Å². The normalized spacial score (nSPS) is 11.2. The van der Waals surface area contributed by atoms with E-state index in [2.05, 4.69) is 13.8 Å². The molecular weight excluding hydrogens is 454 g/mol. The molecule has 4 nitrogen and oxygen atoms in total. The molecule has 0 aromatic carbocycles. The molecule has 0 atom stereocenters. The molecule has 0 aromatic heterocycles. The van der Waals surface area contributed by atoms with Crippen LogP contribution in [0.5, 0.6) is 0 Å². The molecule has 0 aromatic rings. The number of hydrogen-bond donors (Lipinski definition) is 0. The Hall–Kier alpha value is 0.511. The van der Waals surface area contributed by atoms with E-state index < -0.39 is 17.4 Å². The molecule has 26 heavy (non-hydrogen) atoms. The Labute approximate surface area is 201 Å². The summed E-state index contributed by atoms with van der Waals surface area (Å²) in [5.41, 5.74) is -1.80. The quantitative estimate of drug-likeness (QED) is 0.167. The molecule has 0 aliphatic rings. The Morgan fingerprint density at radius 2 is 0.846 bits per heavy atom. The molecule has 0 amide bonds. The zero-order valence-corrected chi connectivity index (χ0v) is 21.6. The molecule has 0 radical (unpaired) electrons. The van der Waals surface area contributed by atoms with Crippen LogP contribution in [0.15, 0.2) is 0 Å². The Morgan fingerprint density at radius 1 is 0.577 bits per heavy atom. The molecule has 0 aliphatic heterocycles. The van der Waals surface area contributed by atoms with Gasteiger partial charge in [-0.1, -0.05) is 104 Å². The number of carboxylic acid groups (broad SMARTS) is 2. The minimum atomic E-state index is -1.80. The fourth-order valence-corrected chi connectivity index (χ4v) is 3.38. The number of unbranched alkanes of at least 4 members (excludes halogenated alkanes) is 12. The van der Waals surface area contributed by atoms with E-state index in [-0.39, 0.29) is 61.7 Å². The van der Waals surface area contributed by atoms with Gasteiger partial charge in [-0.15, -0.1) is 0 Å². The van der Waals surface area contributed by atoms with Gasteiger partial charge in [-0.05, 0) is 12.8 Å². The van der Waals surface area contributed by atoms with E-state index in [0.29, 0.717) is 12.8 Å².